The van der Waals surface area contributed by atoms with Gasteiger partial charge in [0.1, 0.15) is 11.9 Å². The number of carbonyl (C=O) groups is 1. The zero-order valence-electron chi connectivity index (χ0n) is 12.2. The highest BCUT2D eigenvalue weighted by atomic mass is 16.5. The molecule has 0 saturated heterocycles. The summed E-state index contributed by atoms with van der Waals surface area (Å²) in [5, 5.41) is 13.8. The number of aryl methyl sites for hydroxylation is 1. The SMILES string of the molecule is COC(=O)CCc1cccc2c1OC1CC(O)C(N=[N+]=[N-])C21. The van der Waals surface area contributed by atoms with Gasteiger partial charge in [0.25, 0.3) is 0 Å². The first-order chi connectivity index (χ1) is 10.7. The van der Waals surface area contributed by atoms with E-state index in [4.69, 9.17) is 10.3 Å². The number of azide groups is 1. The third-order valence-corrected chi connectivity index (χ3v) is 4.40. The maximum atomic E-state index is 11.3. The zero-order valence-corrected chi connectivity index (χ0v) is 12.2. The van der Waals surface area contributed by atoms with Gasteiger partial charge in [-0.15, -0.1) is 0 Å². The molecule has 22 heavy (non-hydrogen) atoms. The molecule has 3 rings (SSSR count). The minimum atomic E-state index is -0.683. The Balaban J connectivity index is 1.88. The van der Waals surface area contributed by atoms with E-state index in [0.717, 1.165) is 16.9 Å². The van der Waals surface area contributed by atoms with Gasteiger partial charge in [0.2, 0.25) is 0 Å². The maximum absolute atomic E-state index is 11.3. The van der Waals surface area contributed by atoms with Crippen molar-refractivity contribution in [1.82, 2.24) is 0 Å². The van der Waals surface area contributed by atoms with Crippen LogP contribution in [0.2, 0.25) is 0 Å². The van der Waals surface area contributed by atoms with E-state index in [1.165, 1.54) is 7.11 Å². The van der Waals surface area contributed by atoms with E-state index in [1.807, 2.05) is 18.2 Å². The summed E-state index contributed by atoms with van der Waals surface area (Å²) in [4.78, 5) is 14.2. The summed E-state index contributed by atoms with van der Waals surface area (Å²) in [5.41, 5.74) is 10.6. The van der Waals surface area contributed by atoms with Crippen molar-refractivity contribution in [1.29, 1.82) is 0 Å². The van der Waals surface area contributed by atoms with Crippen molar-refractivity contribution in [2.45, 2.75) is 43.4 Å². The molecule has 2 aliphatic rings. The molecule has 1 aliphatic heterocycles. The van der Waals surface area contributed by atoms with Gasteiger partial charge >= 0.3 is 5.97 Å². The van der Waals surface area contributed by atoms with Crippen LogP contribution in [-0.4, -0.2) is 36.4 Å². The standard InChI is InChI=1S/C15H17N3O4/c1-21-12(20)6-5-8-3-2-4-9-13-11(22-15(8)9)7-10(19)14(13)17-18-16/h2-4,10-11,13-14,19H,5-7H2,1H3. The zero-order chi connectivity index (χ0) is 15.7. The van der Waals surface area contributed by atoms with Crippen molar-refractivity contribution >= 4 is 5.97 Å². The lowest BCUT2D eigenvalue weighted by Gasteiger charge is -2.15. The molecule has 1 aromatic carbocycles. The molecule has 4 unspecified atom stereocenters. The molecule has 0 radical (unpaired) electrons. The molecule has 7 nitrogen and oxygen atoms in total. The second kappa shape index (κ2) is 5.87. The summed E-state index contributed by atoms with van der Waals surface area (Å²) in [7, 11) is 1.37. The van der Waals surface area contributed by atoms with Crippen molar-refractivity contribution < 1.29 is 19.4 Å². The van der Waals surface area contributed by atoms with E-state index < -0.39 is 12.1 Å². The molecular weight excluding hydrogens is 286 g/mol. The average Bonchev–Trinajstić information content (AvgIpc) is 3.02. The lowest BCUT2D eigenvalue weighted by molar-refractivity contribution is -0.140. The molecule has 0 amide bonds. The number of para-hydroxylation sites is 1. The molecule has 1 N–H and O–H groups in total. The van der Waals surface area contributed by atoms with Crippen molar-refractivity contribution in [3.8, 4) is 5.75 Å². The lowest BCUT2D eigenvalue weighted by atomic mass is 9.92. The quantitative estimate of drug-likeness (QED) is 0.398. The van der Waals surface area contributed by atoms with Crippen molar-refractivity contribution in [3.63, 3.8) is 0 Å². The summed E-state index contributed by atoms with van der Waals surface area (Å²) in [6.07, 6.45) is 0.398. The molecule has 1 heterocycles. The van der Waals surface area contributed by atoms with Gasteiger partial charge in [0.15, 0.2) is 0 Å². The van der Waals surface area contributed by atoms with Gasteiger partial charge in [-0.05, 0) is 17.5 Å². The van der Waals surface area contributed by atoms with Gasteiger partial charge in [-0.2, -0.15) is 0 Å². The predicted molar refractivity (Wildman–Crippen MR) is 77.5 cm³/mol. The average molecular weight is 303 g/mol. The molecule has 0 aromatic heterocycles. The van der Waals surface area contributed by atoms with Gasteiger partial charge < -0.3 is 14.6 Å². The monoisotopic (exact) mass is 303 g/mol. The Labute approximate surface area is 127 Å². The predicted octanol–water partition coefficient (Wildman–Crippen LogP) is 2.08. The fraction of sp³-hybridized carbons (Fsp3) is 0.533. The second-order valence-corrected chi connectivity index (χ2v) is 5.59. The molecule has 7 heteroatoms. The first kappa shape index (κ1) is 14.7. The number of aliphatic hydroxyl groups is 1. The molecule has 0 bridgehead atoms. The van der Waals surface area contributed by atoms with E-state index in [1.54, 1.807) is 0 Å². The Morgan fingerprint density at radius 3 is 3.14 bits per heavy atom. The van der Waals surface area contributed by atoms with E-state index in [2.05, 4.69) is 14.8 Å². The van der Waals surface area contributed by atoms with Crippen LogP contribution in [-0.2, 0) is 16.0 Å². The number of nitrogens with zero attached hydrogens (tertiary/aromatic N) is 3. The fourth-order valence-corrected chi connectivity index (χ4v) is 3.40. The number of methoxy groups -OCH3 is 1. The summed E-state index contributed by atoms with van der Waals surface area (Å²) in [6.45, 7) is 0. The molecule has 116 valence electrons. The van der Waals surface area contributed by atoms with E-state index in [-0.39, 0.29) is 24.4 Å². The molecule has 1 saturated carbocycles. The van der Waals surface area contributed by atoms with E-state index in [9.17, 15) is 9.90 Å². The number of aliphatic hydroxyl groups excluding tert-OH is 1. The number of hydrogen-bond donors (Lipinski definition) is 1. The third kappa shape index (κ3) is 2.38. The number of benzene rings is 1. The van der Waals surface area contributed by atoms with E-state index in [0.29, 0.717) is 12.8 Å². The minimum Gasteiger partial charge on any atom is -0.489 e. The van der Waals surface area contributed by atoms with Crippen LogP contribution in [0.15, 0.2) is 23.3 Å². The van der Waals surface area contributed by atoms with Crippen LogP contribution in [0.5, 0.6) is 5.75 Å². The largest absolute Gasteiger partial charge is 0.489 e. The van der Waals surface area contributed by atoms with Crippen LogP contribution in [0.25, 0.3) is 10.4 Å². The molecular formula is C15H17N3O4. The Kier molecular flexibility index (Phi) is 3.92. The molecule has 4 atom stereocenters. The summed E-state index contributed by atoms with van der Waals surface area (Å²) in [6, 6.07) is 5.24. The molecule has 1 aliphatic carbocycles. The molecule has 0 spiro atoms. The number of carbonyl (C=O) groups excluding carboxylic acids is 1. The number of hydrogen-bond acceptors (Lipinski definition) is 5. The van der Waals surface area contributed by atoms with Gasteiger partial charge in [-0.25, -0.2) is 0 Å². The first-order valence-corrected chi connectivity index (χ1v) is 7.23. The third-order valence-electron chi connectivity index (χ3n) is 4.40. The van der Waals surface area contributed by atoms with Crippen LogP contribution in [0.1, 0.15) is 29.9 Å². The maximum Gasteiger partial charge on any atom is 0.305 e. The lowest BCUT2D eigenvalue weighted by Crippen LogP contribution is -2.21. The summed E-state index contributed by atoms with van der Waals surface area (Å²) in [5.74, 6) is 0.364. The van der Waals surface area contributed by atoms with Gasteiger partial charge in [-0.1, -0.05) is 23.3 Å². The first-order valence-electron chi connectivity index (χ1n) is 7.23. The Hall–Kier alpha value is -2.24. The smallest absolute Gasteiger partial charge is 0.305 e. The van der Waals surface area contributed by atoms with E-state index >= 15 is 0 Å². The normalized spacial score (nSPS) is 28.3. The van der Waals surface area contributed by atoms with Gasteiger partial charge in [0, 0.05) is 29.2 Å². The highest BCUT2D eigenvalue weighted by molar-refractivity contribution is 5.69. The summed E-state index contributed by atoms with van der Waals surface area (Å²) < 4.78 is 10.6. The van der Waals surface area contributed by atoms with Gasteiger partial charge in [0.05, 0.1) is 19.3 Å². The number of ether oxygens (including phenoxy) is 2. The highest BCUT2D eigenvalue weighted by Crippen LogP contribution is 2.49. The number of rotatable bonds is 4. The topological polar surface area (TPSA) is 105 Å². The highest BCUT2D eigenvalue weighted by Gasteiger charge is 2.49. The number of fused-ring (bicyclic) bond motifs is 3. The van der Waals surface area contributed by atoms with Crippen molar-refractivity contribution in [2.24, 2.45) is 5.11 Å². The van der Waals surface area contributed by atoms with Crippen LogP contribution in [0.3, 0.4) is 0 Å². The van der Waals surface area contributed by atoms with Gasteiger partial charge in [-0.3, -0.25) is 4.79 Å². The second-order valence-electron chi connectivity index (χ2n) is 5.59. The Morgan fingerprint density at radius 1 is 1.59 bits per heavy atom. The minimum absolute atomic E-state index is 0.126. The fourth-order valence-electron chi connectivity index (χ4n) is 3.40. The Bertz CT molecular complexity index is 642. The molecule has 1 aromatic rings. The summed E-state index contributed by atoms with van der Waals surface area (Å²) >= 11 is 0. The van der Waals surface area contributed by atoms with Crippen LogP contribution in [0, 0.1) is 0 Å². The number of esters is 1. The Morgan fingerprint density at radius 2 is 2.41 bits per heavy atom. The molecule has 1 fully saturated rings. The van der Waals surface area contributed by atoms with Crippen molar-refractivity contribution in [3.05, 3.63) is 39.8 Å². The van der Waals surface area contributed by atoms with Crippen LogP contribution >= 0.6 is 0 Å². The van der Waals surface area contributed by atoms with Crippen LogP contribution < -0.4 is 4.74 Å². The van der Waals surface area contributed by atoms with Crippen LogP contribution in [0.4, 0.5) is 0 Å². The van der Waals surface area contributed by atoms with Crippen molar-refractivity contribution in [2.75, 3.05) is 7.11 Å².